The van der Waals surface area contributed by atoms with Crippen molar-refractivity contribution in [2.24, 2.45) is 0 Å². The molecule has 0 N–H and O–H groups in total. The van der Waals surface area contributed by atoms with Crippen LogP contribution in [-0.4, -0.2) is 0 Å². The summed E-state index contributed by atoms with van der Waals surface area (Å²) in [5, 5.41) is 0. The highest BCUT2D eigenvalue weighted by atomic mass is 14.0. The van der Waals surface area contributed by atoms with Crippen molar-refractivity contribution in [1.82, 2.24) is 0 Å². The van der Waals surface area contributed by atoms with Crippen molar-refractivity contribution in [3.63, 3.8) is 0 Å². The molecule has 0 spiro atoms. The molecule has 0 aromatic heterocycles. The predicted molar refractivity (Wildman–Crippen MR) is 44.7 cm³/mol. The van der Waals surface area contributed by atoms with Crippen molar-refractivity contribution in [3.8, 4) is 0 Å². The summed E-state index contributed by atoms with van der Waals surface area (Å²) < 4.78 is 0. The Morgan fingerprint density at radius 1 is 1.30 bits per heavy atom. The summed E-state index contributed by atoms with van der Waals surface area (Å²) in [6.45, 7) is 9.51. The van der Waals surface area contributed by atoms with Gasteiger partial charge >= 0.3 is 0 Å². The fourth-order valence-electron chi connectivity index (χ4n) is 0.939. The molecule has 0 amide bonds. The van der Waals surface area contributed by atoms with Gasteiger partial charge in [0.2, 0.25) is 0 Å². The number of aryl methyl sites for hydroxylation is 2. The van der Waals surface area contributed by atoms with Gasteiger partial charge in [-0.3, -0.25) is 0 Å². The average molecular weight is 131 g/mol. The minimum atomic E-state index is 1.13. The number of hydrogen-bond donors (Lipinski definition) is 0. The zero-order valence-electron chi connectivity index (χ0n) is 6.39. The van der Waals surface area contributed by atoms with E-state index in [0.29, 0.717) is 0 Å². The van der Waals surface area contributed by atoms with Crippen LogP contribution in [0.4, 0.5) is 0 Å². The van der Waals surface area contributed by atoms with Crippen LogP contribution in [0.5, 0.6) is 0 Å². The van der Waals surface area contributed by atoms with Gasteiger partial charge in [-0.2, -0.15) is 0 Å². The highest BCUT2D eigenvalue weighted by Gasteiger charge is 1.91. The molecule has 0 bridgehead atoms. The van der Waals surface area contributed by atoms with E-state index < -0.39 is 0 Å². The molecular weight excluding hydrogens is 120 g/mol. The van der Waals surface area contributed by atoms with Crippen LogP contribution < -0.4 is 0 Å². The van der Waals surface area contributed by atoms with Gasteiger partial charge in [0, 0.05) is 0 Å². The molecule has 0 fully saturated rings. The Labute approximate surface area is 62.2 Å². The summed E-state index contributed by atoms with van der Waals surface area (Å²) in [5.41, 5.74) is 3.61. The maximum atomic E-state index is 5.39. The molecule has 0 aliphatic rings. The van der Waals surface area contributed by atoms with Crippen LogP contribution in [0.3, 0.4) is 0 Å². The SMILES string of the molecule is [CH]=Cc1cc(C)ccc1C. The Bertz CT molecular complexity index is 246. The molecule has 1 aromatic rings. The minimum Gasteiger partial charge on any atom is -0.0616 e. The lowest BCUT2D eigenvalue weighted by Crippen LogP contribution is -1.80. The van der Waals surface area contributed by atoms with E-state index in [2.05, 4.69) is 32.0 Å². The molecule has 51 valence electrons. The van der Waals surface area contributed by atoms with Gasteiger partial charge in [-0.1, -0.05) is 36.4 Å². The van der Waals surface area contributed by atoms with Gasteiger partial charge in [0.1, 0.15) is 0 Å². The van der Waals surface area contributed by atoms with Gasteiger partial charge < -0.3 is 0 Å². The first-order chi connectivity index (χ1) is 4.74. The molecule has 1 aromatic carbocycles. The summed E-state index contributed by atoms with van der Waals surface area (Å²) in [5.74, 6) is 0. The third-order valence-corrected chi connectivity index (χ3v) is 1.61. The van der Waals surface area contributed by atoms with Crippen LogP contribution in [0.15, 0.2) is 18.2 Å². The third kappa shape index (κ3) is 1.27. The van der Waals surface area contributed by atoms with E-state index in [0.717, 1.165) is 5.56 Å². The Morgan fingerprint density at radius 2 is 2.00 bits per heavy atom. The Kier molecular flexibility index (Phi) is 1.91. The molecular formula is C10H11. The molecule has 0 aliphatic heterocycles. The van der Waals surface area contributed by atoms with E-state index in [1.54, 1.807) is 6.08 Å². The summed E-state index contributed by atoms with van der Waals surface area (Å²) in [4.78, 5) is 0. The second kappa shape index (κ2) is 2.70. The van der Waals surface area contributed by atoms with E-state index in [9.17, 15) is 0 Å². The fraction of sp³-hybridized carbons (Fsp3) is 0.200. The highest BCUT2D eigenvalue weighted by molar-refractivity contribution is 5.51. The summed E-state index contributed by atoms with van der Waals surface area (Å²) in [6.07, 6.45) is 1.64. The van der Waals surface area contributed by atoms with Gasteiger partial charge in [0.25, 0.3) is 0 Å². The first kappa shape index (κ1) is 7.07. The lowest BCUT2D eigenvalue weighted by atomic mass is 10.1. The zero-order chi connectivity index (χ0) is 7.56. The standard InChI is InChI=1S/C10H11/c1-4-10-7-8(2)5-6-9(10)3/h1,4-7H,2-3H3. The van der Waals surface area contributed by atoms with Crippen molar-refractivity contribution < 1.29 is 0 Å². The predicted octanol–water partition coefficient (Wildman–Crippen LogP) is 2.75. The van der Waals surface area contributed by atoms with Crippen LogP contribution in [0.1, 0.15) is 16.7 Å². The first-order valence-electron chi connectivity index (χ1n) is 3.36. The zero-order valence-corrected chi connectivity index (χ0v) is 6.39. The molecule has 0 atom stereocenters. The first-order valence-corrected chi connectivity index (χ1v) is 3.36. The number of benzene rings is 1. The molecule has 0 aliphatic carbocycles. The molecule has 1 rings (SSSR count). The molecule has 1 radical (unpaired) electrons. The van der Waals surface area contributed by atoms with Gasteiger partial charge in [-0.15, -0.1) is 0 Å². The Morgan fingerprint density at radius 3 is 2.50 bits per heavy atom. The highest BCUT2D eigenvalue weighted by Crippen LogP contribution is 2.10. The van der Waals surface area contributed by atoms with Gasteiger partial charge in [-0.25, -0.2) is 0 Å². The molecule has 10 heavy (non-hydrogen) atoms. The second-order valence-electron chi connectivity index (χ2n) is 2.53. The Hall–Kier alpha value is -1.04. The van der Waals surface area contributed by atoms with Crippen LogP contribution in [0.2, 0.25) is 0 Å². The topological polar surface area (TPSA) is 0 Å². The monoisotopic (exact) mass is 131 g/mol. The van der Waals surface area contributed by atoms with E-state index in [-0.39, 0.29) is 0 Å². The van der Waals surface area contributed by atoms with E-state index in [1.807, 2.05) is 0 Å². The Balaban J connectivity index is 3.21. The number of hydrogen-bond acceptors (Lipinski definition) is 0. The van der Waals surface area contributed by atoms with Crippen molar-refractivity contribution >= 4 is 6.08 Å². The van der Waals surface area contributed by atoms with Crippen LogP contribution in [0.25, 0.3) is 6.08 Å². The summed E-state index contributed by atoms with van der Waals surface area (Å²) >= 11 is 0. The lowest BCUT2D eigenvalue weighted by Gasteiger charge is -1.99. The molecule has 0 heteroatoms. The maximum absolute atomic E-state index is 5.39. The quantitative estimate of drug-likeness (QED) is 0.549. The summed E-state index contributed by atoms with van der Waals surface area (Å²) in [7, 11) is 0. The molecule has 0 nitrogen and oxygen atoms in total. The van der Waals surface area contributed by atoms with Gasteiger partial charge in [0.15, 0.2) is 0 Å². The summed E-state index contributed by atoms with van der Waals surface area (Å²) in [6, 6.07) is 6.24. The molecule has 0 saturated carbocycles. The normalized spacial score (nSPS) is 9.40. The largest absolute Gasteiger partial charge is 0.0616 e. The second-order valence-corrected chi connectivity index (χ2v) is 2.53. The average Bonchev–Trinajstić information content (AvgIpc) is 1.94. The lowest BCUT2D eigenvalue weighted by molar-refractivity contribution is 1.38. The van der Waals surface area contributed by atoms with Gasteiger partial charge in [0.05, 0.1) is 0 Å². The van der Waals surface area contributed by atoms with Gasteiger partial charge in [-0.05, 0) is 25.0 Å². The minimum absolute atomic E-state index is 1.13. The fourth-order valence-corrected chi connectivity index (χ4v) is 0.939. The third-order valence-electron chi connectivity index (χ3n) is 1.61. The van der Waals surface area contributed by atoms with Crippen molar-refractivity contribution in [2.45, 2.75) is 13.8 Å². The maximum Gasteiger partial charge on any atom is -0.0225 e. The number of rotatable bonds is 1. The van der Waals surface area contributed by atoms with Crippen molar-refractivity contribution in [3.05, 3.63) is 41.5 Å². The van der Waals surface area contributed by atoms with E-state index >= 15 is 0 Å². The molecule has 0 unspecified atom stereocenters. The van der Waals surface area contributed by atoms with Crippen molar-refractivity contribution in [1.29, 1.82) is 0 Å². The van der Waals surface area contributed by atoms with E-state index in [1.165, 1.54) is 11.1 Å². The van der Waals surface area contributed by atoms with Crippen LogP contribution >= 0.6 is 0 Å². The molecule has 0 saturated heterocycles. The van der Waals surface area contributed by atoms with Crippen molar-refractivity contribution in [2.75, 3.05) is 0 Å². The van der Waals surface area contributed by atoms with Crippen LogP contribution in [0, 0.1) is 20.4 Å². The smallest absolute Gasteiger partial charge is 0.0225 e. The van der Waals surface area contributed by atoms with E-state index in [4.69, 9.17) is 6.58 Å². The van der Waals surface area contributed by atoms with Crippen LogP contribution in [-0.2, 0) is 0 Å². The molecule has 0 heterocycles.